The number of nitrogens with zero attached hydrogens (tertiary/aromatic N) is 1. The van der Waals surface area contributed by atoms with Crippen molar-refractivity contribution in [3.8, 4) is 0 Å². The van der Waals surface area contributed by atoms with Gasteiger partial charge in [-0.1, -0.05) is 29.8 Å². The van der Waals surface area contributed by atoms with E-state index in [0.717, 1.165) is 11.3 Å². The Morgan fingerprint density at radius 3 is 2.81 bits per heavy atom. The predicted octanol–water partition coefficient (Wildman–Crippen LogP) is 2.52. The second-order valence-corrected chi connectivity index (χ2v) is 3.41. The minimum atomic E-state index is -0.634. The SMILES string of the molecule is CCOC(=O)C(Cl)=NNc1ccccc1C. The number of carbonyl (C=O) groups is 1. The maximum atomic E-state index is 11.1. The number of halogens is 1. The molecule has 0 spiro atoms. The first kappa shape index (κ1) is 12.5. The molecule has 16 heavy (non-hydrogen) atoms. The Balaban J connectivity index is 2.66. The van der Waals surface area contributed by atoms with Crippen molar-refractivity contribution in [3.63, 3.8) is 0 Å². The molecule has 0 fully saturated rings. The summed E-state index contributed by atoms with van der Waals surface area (Å²) in [6, 6.07) is 7.55. The second-order valence-electron chi connectivity index (χ2n) is 3.05. The summed E-state index contributed by atoms with van der Waals surface area (Å²) in [7, 11) is 0. The normalized spacial score (nSPS) is 11.1. The molecule has 0 heterocycles. The van der Waals surface area contributed by atoms with Crippen LogP contribution in [0.1, 0.15) is 12.5 Å². The number of hydrogen-bond donors (Lipinski definition) is 1. The largest absolute Gasteiger partial charge is 0.461 e. The van der Waals surface area contributed by atoms with Crippen molar-refractivity contribution in [1.29, 1.82) is 0 Å². The van der Waals surface area contributed by atoms with Gasteiger partial charge in [0.05, 0.1) is 12.3 Å². The summed E-state index contributed by atoms with van der Waals surface area (Å²) in [6.07, 6.45) is 0. The number of anilines is 1. The van der Waals surface area contributed by atoms with Gasteiger partial charge < -0.3 is 4.74 Å². The lowest BCUT2D eigenvalue weighted by Crippen LogP contribution is -2.13. The molecule has 0 saturated carbocycles. The molecule has 0 radical (unpaired) electrons. The van der Waals surface area contributed by atoms with E-state index in [-0.39, 0.29) is 11.8 Å². The highest BCUT2D eigenvalue weighted by Crippen LogP contribution is 2.13. The van der Waals surface area contributed by atoms with Crippen molar-refractivity contribution >= 4 is 28.4 Å². The number of hydrazone groups is 1. The van der Waals surface area contributed by atoms with Gasteiger partial charge in [-0.05, 0) is 25.5 Å². The number of aryl methyl sites for hydroxylation is 1. The molecule has 1 rings (SSSR count). The van der Waals surface area contributed by atoms with Crippen molar-refractivity contribution in [2.24, 2.45) is 5.10 Å². The van der Waals surface area contributed by atoms with Crippen molar-refractivity contribution in [2.75, 3.05) is 12.0 Å². The van der Waals surface area contributed by atoms with Crippen molar-refractivity contribution in [2.45, 2.75) is 13.8 Å². The number of nitrogens with one attached hydrogen (secondary N) is 1. The maximum Gasteiger partial charge on any atom is 0.370 e. The number of rotatable bonds is 4. The number of ether oxygens (including phenoxy) is 1. The highest BCUT2D eigenvalue weighted by molar-refractivity contribution is 6.82. The first-order valence-corrected chi connectivity index (χ1v) is 5.25. The number of hydrogen-bond acceptors (Lipinski definition) is 4. The van der Waals surface area contributed by atoms with Crippen molar-refractivity contribution < 1.29 is 9.53 Å². The molecule has 5 heteroatoms. The van der Waals surface area contributed by atoms with E-state index >= 15 is 0 Å². The van der Waals surface area contributed by atoms with Gasteiger partial charge in [0.15, 0.2) is 0 Å². The Labute approximate surface area is 99.2 Å². The zero-order valence-corrected chi connectivity index (χ0v) is 9.91. The van der Waals surface area contributed by atoms with E-state index in [9.17, 15) is 4.79 Å². The van der Waals surface area contributed by atoms with E-state index in [1.807, 2.05) is 31.2 Å². The molecule has 0 bridgehead atoms. The molecule has 0 aliphatic heterocycles. The summed E-state index contributed by atoms with van der Waals surface area (Å²) in [5.41, 5.74) is 4.52. The first-order chi connectivity index (χ1) is 7.65. The summed E-state index contributed by atoms with van der Waals surface area (Å²) < 4.78 is 4.68. The minimum absolute atomic E-state index is 0.217. The molecule has 0 aliphatic rings. The topological polar surface area (TPSA) is 50.7 Å². The Kier molecular flexibility index (Phi) is 4.79. The highest BCUT2D eigenvalue weighted by atomic mass is 35.5. The van der Waals surface area contributed by atoms with E-state index < -0.39 is 5.97 Å². The summed E-state index contributed by atoms with van der Waals surface area (Å²) in [4.78, 5) is 11.1. The highest BCUT2D eigenvalue weighted by Gasteiger charge is 2.08. The summed E-state index contributed by atoms with van der Waals surface area (Å²) >= 11 is 5.63. The summed E-state index contributed by atoms with van der Waals surface area (Å²) in [6.45, 7) is 3.90. The van der Waals surface area contributed by atoms with E-state index in [4.69, 9.17) is 11.6 Å². The number of para-hydroxylation sites is 1. The van der Waals surface area contributed by atoms with E-state index in [2.05, 4.69) is 15.3 Å². The van der Waals surface area contributed by atoms with Crippen LogP contribution in [0.3, 0.4) is 0 Å². The Bertz CT molecular complexity index is 405. The Morgan fingerprint density at radius 1 is 1.50 bits per heavy atom. The van der Waals surface area contributed by atoms with E-state index in [0.29, 0.717) is 0 Å². The lowest BCUT2D eigenvalue weighted by molar-refractivity contribution is -0.134. The quantitative estimate of drug-likeness (QED) is 0.500. The third kappa shape index (κ3) is 3.55. The fourth-order valence-corrected chi connectivity index (χ4v) is 1.14. The van der Waals surface area contributed by atoms with Crippen LogP contribution in [0, 0.1) is 6.92 Å². The average Bonchev–Trinajstić information content (AvgIpc) is 2.28. The van der Waals surface area contributed by atoms with Crippen LogP contribution in [0.5, 0.6) is 0 Å². The van der Waals surface area contributed by atoms with Gasteiger partial charge in [0.25, 0.3) is 0 Å². The maximum absolute atomic E-state index is 11.1. The summed E-state index contributed by atoms with van der Waals surface area (Å²) in [5, 5.41) is 3.51. The van der Waals surface area contributed by atoms with Gasteiger partial charge in [-0.2, -0.15) is 5.10 Å². The molecule has 0 aliphatic carbocycles. The zero-order valence-electron chi connectivity index (χ0n) is 9.16. The third-order valence-electron chi connectivity index (χ3n) is 1.86. The number of esters is 1. The van der Waals surface area contributed by atoms with Gasteiger partial charge in [-0.25, -0.2) is 4.79 Å². The summed E-state index contributed by atoms with van der Waals surface area (Å²) in [5.74, 6) is -0.634. The van der Waals surface area contributed by atoms with E-state index in [1.54, 1.807) is 6.92 Å². The second kappa shape index (κ2) is 6.12. The average molecular weight is 241 g/mol. The van der Waals surface area contributed by atoms with Crippen LogP contribution in [-0.4, -0.2) is 17.7 Å². The first-order valence-electron chi connectivity index (χ1n) is 4.87. The number of carbonyl (C=O) groups excluding carboxylic acids is 1. The molecule has 1 aromatic rings. The van der Waals surface area contributed by atoms with Gasteiger partial charge in [0.1, 0.15) is 0 Å². The van der Waals surface area contributed by atoms with Crippen LogP contribution < -0.4 is 5.43 Å². The van der Waals surface area contributed by atoms with Crippen molar-refractivity contribution in [1.82, 2.24) is 0 Å². The van der Waals surface area contributed by atoms with Crippen molar-refractivity contribution in [3.05, 3.63) is 29.8 Å². The molecular weight excluding hydrogens is 228 g/mol. The minimum Gasteiger partial charge on any atom is -0.461 e. The van der Waals surface area contributed by atoms with Crippen LogP contribution in [0.4, 0.5) is 5.69 Å². The van der Waals surface area contributed by atoms with Crippen LogP contribution in [0.2, 0.25) is 0 Å². The van der Waals surface area contributed by atoms with Gasteiger partial charge in [0.2, 0.25) is 5.17 Å². The fraction of sp³-hybridized carbons (Fsp3) is 0.273. The Hall–Kier alpha value is -1.55. The van der Waals surface area contributed by atoms with Crippen LogP contribution >= 0.6 is 11.6 Å². The van der Waals surface area contributed by atoms with Gasteiger partial charge in [-0.3, -0.25) is 5.43 Å². The molecule has 86 valence electrons. The number of benzene rings is 1. The Morgan fingerprint density at radius 2 is 2.19 bits per heavy atom. The smallest absolute Gasteiger partial charge is 0.370 e. The van der Waals surface area contributed by atoms with Gasteiger partial charge in [-0.15, -0.1) is 0 Å². The molecular formula is C11H13ClN2O2. The molecule has 0 unspecified atom stereocenters. The molecule has 0 saturated heterocycles. The molecule has 4 nitrogen and oxygen atoms in total. The molecule has 1 N–H and O–H groups in total. The zero-order chi connectivity index (χ0) is 12.0. The monoisotopic (exact) mass is 240 g/mol. The van der Waals surface area contributed by atoms with Gasteiger partial charge >= 0.3 is 5.97 Å². The van der Waals surface area contributed by atoms with Crippen LogP contribution in [0.25, 0.3) is 0 Å². The molecule has 0 amide bonds. The third-order valence-corrected chi connectivity index (χ3v) is 2.10. The molecule has 0 atom stereocenters. The van der Waals surface area contributed by atoms with Gasteiger partial charge in [0, 0.05) is 0 Å². The van der Waals surface area contributed by atoms with Crippen LogP contribution in [0.15, 0.2) is 29.4 Å². The lowest BCUT2D eigenvalue weighted by Gasteiger charge is -2.04. The van der Waals surface area contributed by atoms with Crippen LogP contribution in [-0.2, 0) is 9.53 Å². The lowest BCUT2D eigenvalue weighted by atomic mass is 10.2. The molecule has 1 aromatic carbocycles. The van der Waals surface area contributed by atoms with E-state index in [1.165, 1.54) is 0 Å². The fourth-order valence-electron chi connectivity index (χ4n) is 1.04. The predicted molar refractivity (Wildman–Crippen MR) is 64.7 cm³/mol. The molecule has 0 aromatic heterocycles. The standard InChI is InChI=1S/C11H13ClN2O2/c1-3-16-11(15)10(12)14-13-9-7-5-4-6-8(9)2/h4-7,13H,3H2,1-2H3.